The van der Waals surface area contributed by atoms with Crippen LogP contribution in [0.4, 0.5) is 0 Å². The van der Waals surface area contributed by atoms with Crippen LogP contribution in [0.2, 0.25) is 0 Å². The fraction of sp³-hybridized carbons (Fsp3) is 0.286. The summed E-state index contributed by atoms with van der Waals surface area (Å²) in [5.74, 6) is -3.49. The molecule has 0 unspecified atom stereocenters. The van der Waals surface area contributed by atoms with E-state index in [4.69, 9.17) is 10.2 Å². The highest BCUT2D eigenvalue weighted by Gasteiger charge is 2.17. The Bertz CT molecular complexity index is 543. The number of carboxylic acid groups (broad SMARTS) is 2. The summed E-state index contributed by atoms with van der Waals surface area (Å²) in [6, 6.07) is 3.34. The molecule has 2 atom stereocenters. The van der Waals surface area contributed by atoms with Gasteiger partial charge in [-0.1, -0.05) is 0 Å². The van der Waals surface area contributed by atoms with Crippen molar-refractivity contribution in [1.82, 2.24) is 10.6 Å². The normalized spacial score (nSPS) is 12.8. The first-order chi connectivity index (χ1) is 10.2. The Morgan fingerprint density at radius 1 is 0.773 bits per heavy atom. The van der Waals surface area contributed by atoms with E-state index in [0.29, 0.717) is 0 Å². The first kappa shape index (κ1) is 17.2. The van der Waals surface area contributed by atoms with E-state index in [9.17, 15) is 19.2 Å². The number of hydrogen-bond acceptors (Lipinski definition) is 4. The lowest BCUT2D eigenvalue weighted by atomic mass is 10.1. The number of carbonyl (C=O) groups is 4. The molecule has 22 heavy (non-hydrogen) atoms. The molecule has 118 valence electrons. The molecule has 0 aliphatic heterocycles. The van der Waals surface area contributed by atoms with Gasteiger partial charge in [-0.15, -0.1) is 0 Å². The van der Waals surface area contributed by atoms with Gasteiger partial charge < -0.3 is 20.8 Å². The summed E-state index contributed by atoms with van der Waals surface area (Å²) in [4.78, 5) is 44.8. The van der Waals surface area contributed by atoms with Crippen LogP contribution in [0.1, 0.15) is 34.6 Å². The quantitative estimate of drug-likeness (QED) is 0.589. The number of amides is 2. The van der Waals surface area contributed by atoms with E-state index in [-0.39, 0.29) is 11.1 Å². The summed E-state index contributed by atoms with van der Waals surface area (Å²) in [6.07, 6.45) is 0. The second-order valence-corrected chi connectivity index (χ2v) is 4.64. The number of carboxylic acids is 2. The van der Waals surface area contributed by atoms with Crippen molar-refractivity contribution in [2.24, 2.45) is 0 Å². The number of hydrogen-bond donors (Lipinski definition) is 4. The number of carbonyl (C=O) groups excluding carboxylic acids is 2. The number of rotatable bonds is 6. The molecule has 0 bridgehead atoms. The van der Waals surface area contributed by atoms with Crippen molar-refractivity contribution in [2.75, 3.05) is 0 Å². The van der Waals surface area contributed by atoms with Crippen LogP contribution in [-0.4, -0.2) is 46.0 Å². The third-order valence-corrected chi connectivity index (χ3v) is 2.85. The Kier molecular flexibility index (Phi) is 5.62. The fourth-order valence-corrected chi connectivity index (χ4v) is 1.46. The maximum Gasteiger partial charge on any atom is 0.325 e. The molecule has 0 aliphatic carbocycles. The molecule has 0 saturated heterocycles. The van der Waals surface area contributed by atoms with E-state index in [2.05, 4.69) is 10.6 Å². The summed E-state index contributed by atoms with van der Waals surface area (Å²) in [5.41, 5.74) is 0.381. The summed E-state index contributed by atoms with van der Waals surface area (Å²) >= 11 is 0. The van der Waals surface area contributed by atoms with Gasteiger partial charge in [-0.3, -0.25) is 19.2 Å². The zero-order valence-electron chi connectivity index (χ0n) is 12.0. The molecular weight excluding hydrogens is 292 g/mol. The van der Waals surface area contributed by atoms with Gasteiger partial charge in [0.2, 0.25) is 0 Å². The maximum absolute atomic E-state index is 11.8. The molecule has 1 rings (SSSR count). The summed E-state index contributed by atoms with van der Waals surface area (Å²) < 4.78 is 0. The van der Waals surface area contributed by atoms with Gasteiger partial charge in [0, 0.05) is 11.1 Å². The van der Waals surface area contributed by atoms with Crippen LogP contribution in [0, 0.1) is 0 Å². The van der Waals surface area contributed by atoms with Gasteiger partial charge in [0.05, 0.1) is 0 Å². The molecule has 4 N–H and O–H groups in total. The Morgan fingerprint density at radius 3 is 1.27 bits per heavy atom. The average Bonchev–Trinajstić information content (AvgIpc) is 2.46. The first-order valence-corrected chi connectivity index (χ1v) is 6.39. The van der Waals surface area contributed by atoms with Crippen molar-refractivity contribution in [3.8, 4) is 0 Å². The molecule has 0 aliphatic rings. The van der Waals surface area contributed by atoms with Crippen molar-refractivity contribution in [3.05, 3.63) is 35.4 Å². The minimum atomic E-state index is -1.16. The zero-order chi connectivity index (χ0) is 16.9. The van der Waals surface area contributed by atoms with Crippen LogP contribution in [0.25, 0.3) is 0 Å². The topological polar surface area (TPSA) is 133 Å². The van der Waals surface area contributed by atoms with Gasteiger partial charge in [0.25, 0.3) is 11.8 Å². The lowest BCUT2D eigenvalue weighted by Gasteiger charge is -2.11. The zero-order valence-corrected chi connectivity index (χ0v) is 12.0. The minimum absolute atomic E-state index is 0.191. The van der Waals surface area contributed by atoms with Crippen LogP contribution >= 0.6 is 0 Å². The molecule has 1 aromatic carbocycles. The van der Waals surface area contributed by atoms with E-state index >= 15 is 0 Å². The van der Waals surface area contributed by atoms with Crippen molar-refractivity contribution >= 4 is 23.8 Å². The van der Waals surface area contributed by atoms with Crippen molar-refractivity contribution in [1.29, 1.82) is 0 Å². The molecule has 0 fully saturated rings. The van der Waals surface area contributed by atoms with E-state index in [1.54, 1.807) is 0 Å². The van der Waals surface area contributed by atoms with Crippen LogP contribution < -0.4 is 10.6 Å². The lowest BCUT2D eigenvalue weighted by Crippen LogP contribution is -2.39. The van der Waals surface area contributed by atoms with Gasteiger partial charge in [-0.25, -0.2) is 0 Å². The highest BCUT2D eigenvalue weighted by atomic mass is 16.4. The Labute approximate surface area is 126 Å². The summed E-state index contributed by atoms with van der Waals surface area (Å²) in [6.45, 7) is 2.66. The van der Waals surface area contributed by atoms with Gasteiger partial charge in [0.1, 0.15) is 12.1 Å². The molecule has 0 aromatic heterocycles. The Morgan fingerprint density at radius 2 is 1.05 bits per heavy atom. The SMILES string of the molecule is C[C@@H](NC(=O)c1ccc(C(=O)N[C@H](C)C(=O)O)cc1)C(=O)O. The predicted molar refractivity (Wildman–Crippen MR) is 75.6 cm³/mol. The molecule has 2 amide bonds. The van der Waals surface area contributed by atoms with Crippen LogP contribution in [-0.2, 0) is 9.59 Å². The largest absolute Gasteiger partial charge is 0.480 e. The number of nitrogens with one attached hydrogen (secondary N) is 2. The minimum Gasteiger partial charge on any atom is -0.480 e. The fourth-order valence-electron chi connectivity index (χ4n) is 1.46. The molecule has 0 radical (unpaired) electrons. The number of benzene rings is 1. The smallest absolute Gasteiger partial charge is 0.325 e. The van der Waals surface area contributed by atoms with Crippen LogP contribution in [0.3, 0.4) is 0 Å². The van der Waals surface area contributed by atoms with E-state index in [1.165, 1.54) is 38.1 Å². The van der Waals surface area contributed by atoms with Gasteiger partial charge in [-0.2, -0.15) is 0 Å². The van der Waals surface area contributed by atoms with E-state index < -0.39 is 35.8 Å². The Hall–Kier alpha value is -2.90. The molecule has 0 saturated carbocycles. The molecule has 8 nitrogen and oxygen atoms in total. The van der Waals surface area contributed by atoms with Crippen molar-refractivity contribution in [2.45, 2.75) is 25.9 Å². The number of aliphatic carboxylic acids is 2. The second kappa shape index (κ2) is 7.21. The molecule has 0 heterocycles. The molecule has 0 spiro atoms. The van der Waals surface area contributed by atoms with E-state index in [0.717, 1.165) is 0 Å². The van der Waals surface area contributed by atoms with Gasteiger partial charge in [-0.05, 0) is 38.1 Å². The highest BCUT2D eigenvalue weighted by molar-refractivity contribution is 5.99. The monoisotopic (exact) mass is 308 g/mol. The predicted octanol–water partition coefficient (Wildman–Crippen LogP) is 0.0924. The van der Waals surface area contributed by atoms with Crippen LogP contribution in [0.15, 0.2) is 24.3 Å². The molecular formula is C14H16N2O6. The lowest BCUT2D eigenvalue weighted by molar-refractivity contribution is -0.139. The van der Waals surface area contributed by atoms with Gasteiger partial charge in [0.15, 0.2) is 0 Å². The standard InChI is InChI=1S/C14H16N2O6/c1-7(13(19)20)15-11(17)9-3-5-10(6-4-9)12(18)16-8(2)14(21)22/h3-8H,1-2H3,(H,15,17)(H,16,18)(H,19,20)(H,21,22)/t7-,8-/m1/s1. The third kappa shape index (κ3) is 4.58. The third-order valence-electron chi connectivity index (χ3n) is 2.85. The molecule has 1 aromatic rings. The Balaban J connectivity index is 2.74. The van der Waals surface area contributed by atoms with Crippen molar-refractivity contribution < 1.29 is 29.4 Å². The summed E-state index contributed by atoms with van der Waals surface area (Å²) in [7, 11) is 0. The van der Waals surface area contributed by atoms with Crippen LogP contribution in [0.5, 0.6) is 0 Å². The van der Waals surface area contributed by atoms with Gasteiger partial charge >= 0.3 is 11.9 Å². The summed E-state index contributed by atoms with van der Waals surface area (Å²) in [5, 5.41) is 22.0. The first-order valence-electron chi connectivity index (χ1n) is 6.39. The van der Waals surface area contributed by atoms with E-state index in [1.807, 2.05) is 0 Å². The second-order valence-electron chi connectivity index (χ2n) is 4.64. The van der Waals surface area contributed by atoms with Crippen molar-refractivity contribution in [3.63, 3.8) is 0 Å². The highest BCUT2D eigenvalue weighted by Crippen LogP contribution is 2.05. The maximum atomic E-state index is 11.8. The average molecular weight is 308 g/mol. The molecule has 8 heteroatoms.